The van der Waals surface area contributed by atoms with E-state index in [1.165, 1.54) is 11.3 Å². The van der Waals surface area contributed by atoms with Gasteiger partial charge in [0.05, 0.1) is 7.11 Å². The Morgan fingerprint density at radius 1 is 1.71 bits per heavy atom. The van der Waals surface area contributed by atoms with Gasteiger partial charge in [-0.25, -0.2) is 0 Å². The highest BCUT2D eigenvalue weighted by Crippen LogP contribution is 2.28. The molecule has 2 rings (SSSR count). The van der Waals surface area contributed by atoms with E-state index in [2.05, 4.69) is 5.32 Å². The molecule has 1 amide bonds. The Morgan fingerprint density at radius 3 is 3.24 bits per heavy atom. The van der Waals surface area contributed by atoms with Crippen LogP contribution in [0.4, 0.5) is 0 Å². The van der Waals surface area contributed by atoms with Gasteiger partial charge in [0, 0.05) is 19.1 Å². The average Bonchev–Trinajstić information content (AvgIpc) is 2.96. The van der Waals surface area contributed by atoms with Crippen molar-refractivity contribution < 1.29 is 9.53 Å². The molecule has 0 spiro atoms. The maximum absolute atomic E-state index is 12.4. The van der Waals surface area contributed by atoms with Gasteiger partial charge in [-0.2, -0.15) is 0 Å². The number of carbonyl (C=O) groups is 1. The van der Waals surface area contributed by atoms with Gasteiger partial charge in [-0.15, -0.1) is 11.3 Å². The second-order valence-electron chi connectivity index (χ2n) is 4.17. The fraction of sp³-hybridized carbons (Fsp3) is 0.583. The zero-order chi connectivity index (χ0) is 12.3. The number of nitrogens with one attached hydrogen (secondary N) is 1. The number of likely N-dealkylation sites (tertiary alicyclic amines) is 1. The van der Waals surface area contributed by atoms with Crippen LogP contribution in [0.5, 0.6) is 5.75 Å². The average molecular weight is 254 g/mol. The van der Waals surface area contributed by atoms with Gasteiger partial charge in [0.15, 0.2) is 0 Å². The van der Waals surface area contributed by atoms with Crippen LogP contribution in [0.3, 0.4) is 0 Å². The van der Waals surface area contributed by atoms with Crippen LogP contribution in [0.25, 0.3) is 0 Å². The fourth-order valence-electron chi connectivity index (χ4n) is 2.30. The van der Waals surface area contributed by atoms with E-state index in [1.807, 2.05) is 23.4 Å². The molecule has 0 aliphatic carbocycles. The van der Waals surface area contributed by atoms with Gasteiger partial charge in [-0.1, -0.05) is 0 Å². The molecule has 1 saturated heterocycles. The van der Waals surface area contributed by atoms with Gasteiger partial charge in [0.2, 0.25) is 0 Å². The Morgan fingerprint density at radius 2 is 2.53 bits per heavy atom. The second-order valence-corrected chi connectivity index (χ2v) is 5.09. The number of carbonyl (C=O) groups excluding carboxylic acids is 1. The van der Waals surface area contributed by atoms with Crippen molar-refractivity contribution >= 4 is 17.2 Å². The molecule has 1 aliphatic heterocycles. The lowest BCUT2D eigenvalue weighted by molar-refractivity contribution is 0.0739. The Kier molecular flexibility index (Phi) is 4.02. The molecular formula is C12H18N2O2S. The summed E-state index contributed by atoms with van der Waals surface area (Å²) in [6.07, 6.45) is 2.17. The normalized spacial score (nSPS) is 19.6. The highest BCUT2D eigenvalue weighted by molar-refractivity contribution is 7.12. The summed E-state index contributed by atoms with van der Waals surface area (Å²) in [6, 6.07) is 2.17. The molecule has 1 aromatic rings. The van der Waals surface area contributed by atoms with Crippen molar-refractivity contribution in [2.45, 2.75) is 18.9 Å². The fourth-order valence-corrected chi connectivity index (χ4v) is 3.11. The van der Waals surface area contributed by atoms with Crippen LogP contribution in [0.1, 0.15) is 22.5 Å². The quantitative estimate of drug-likeness (QED) is 0.887. The van der Waals surface area contributed by atoms with Crippen molar-refractivity contribution in [3.05, 3.63) is 16.3 Å². The molecular weight excluding hydrogens is 236 g/mol. The lowest BCUT2D eigenvalue weighted by Crippen LogP contribution is -2.40. The summed E-state index contributed by atoms with van der Waals surface area (Å²) in [7, 11) is 3.53. The molecule has 1 fully saturated rings. The predicted octanol–water partition coefficient (Wildman–Crippen LogP) is 1.58. The standard InChI is InChI=1S/C12H18N2O2S/c1-13-8-9-4-3-6-14(9)12(15)11-10(16-2)5-7-17-11/h5,7,9,13H,3-4,6,8H2,1-2H3. The van der Waals surface area contributed by atoms with Gasteiger partial charge >= 0.3 is 0 Å². The summed E-state index contributed by atoms with van der Waals surface area (Å²) in [5.74, 6) is 0.796. The number of thiophene rings is 1. The maximum Gasteiger partial charge on any atom is 0.268 e. The molecule has 17 heavy (non-hydrogen) atoms. The first-order valence-electron chi connectivity index (χ1n) is 5.85. The molecule has 94 valence electrons. The van der Waals surface area contributed by atoms with Crippen molar-refractivity contribution in [3.8, 4) is 5.75 Å². The van der Waals surface area contributed by atoms with Crippen molar-refractivity contribution in [2.75, 3.05) is 27.2 Å². The van der Waals surface area contributed by atoms with E-state index in [0.717, 1.165) is 30.8 Å². The predicted molar refractivity (Wildman–Crippen MR) is 68.9 cm³/mol. The minimum Gasteiger partial charge on any atom is -0.495 e. The molecule has 1 atom stereocenters. The number of rotatable bonds is 4. The van der Waals surface area contributed by atoms with E-state index in [0.29, 0.717) is 11.8 Å². The Labute approximate surface area is 106 Å². The zero-order valence-corrected chi connectivity index (χ0v) is 11.0. The van der Waals surface area contributed by atoms with E-state index >= 15 is 0 Å². The highest BCUT2D eigenvalue weighted by atomic mass is 32.1. The lowest BCUT2D eigenvalue weighted by Gasteiger charge is -2.24. The number of ether oxygens (including phenoxy) is 1. The zero-order valence-electron chi connectivity index (χ0n) is 10.2. The number of hydrogen-bond donors (Lipinski definition) is 1. The molecule has 1 N–H and O–H groups in total. The Bertz CT molecular complexity index is 392. The van der Waals surface area contributed by atoms with Crippen LogP contribution in [-0.2, 0) is 0 Å². The van der Waals surface area contributed by atoms with Crippen molar-refractivity contribution in [1.29, 1.82) is 0 Å². The van der Waals surface area contributed by atoms with E-state index < -0.39 is 0 Å². The molecule has 4 nitrogen and oxygen atoms in total. The topological polar surface area (TPSA) is 41.6 Å². The minimum atomic E-state index is 0.106. The summed E-state index contributed by atoms with van der Waals surface area (Å²) < 4.78 is 5.21. The first-order chi connectivity index (χ1) is 8.27. The summed E-state index contributed by atoms with van der Waals surface area (Å²) in [4.78, 5) is 15.1. The van der Waals surface area contributed by atoms with E-state index in [9.17, 15) is 4.79 Å². The number of likely N-dealkylation sites (N-methyl/N-ethyl adjacent to an activating group) is 1. The minimum absolute atomic E-state index is 0.106. The molecule has 1 unspecified atom stereocenters. The van der Waals surface area contributed by atoms with Crippen LogP contribution >= 0.6 is 11.3 Å². The van der Waals surface area contributed by atoms with Crippen molar-refractivity contribution in [1.82, 2.24) is 10.2 Å². The molecule has 1 aromatic heterocycles. The smallest absolute Gasteiger partial charge is 0.268 e. The van der Waals surface area contributed by atoms with Crippen LogP contribution < -0.4 is 10.1 Å². The van der Waals surface area contributed by atoms with Crippen LogP contribution in [-0.4, -0.2) is 44.1 Å². The summed E-state index contributed by atoms with van der Waals surface area (Å²) in [6.45, 7) is 1.71. The maximum atomic E-state index is 12.4. The first-order valence-corrected chi connectivity index (χ1v) is 6.73. The van der Waals surface area contributed by atoms with Gasteiger partial charge in [-0.05, 0) is 31.3 Å². The molecule has 0 radical (unpaired) electrons. The lowest BCUT2D eigenvalue weighted by atomic mass is 10.2. The molecule has 0 aromatic carbocycles. The molecule has 0 saturated carbocycles. The number of methoxy groups -OCH3 is 1. The van der Waals surface area contributed by atoms with Crippen molar-refractivity contribution in [3.63, 3.8) is 0 Å². The Balaban J connectivity index is 2.14. The third-order valence-corrected chi connectivity index (χ3v) is 4.00. The molecule has 1 aliphatic rings. The molecule has 0 bridgehead atoms. The van der Waals surface area contributed by atoms with E-state index in [4.69, 9.17) is 4.74 Å². The largest absolute Gasteiger partial charge is 0.495 e. The third kappa shape index (κ3) is 2.45. The van der Waals surface area contributed by atoms with Crippen LogP contribution in [0.15, 0.2) is 11.4 Å². The highest BCUT2D eigenvalue weighted by Gasteiger charge is 2.30. The number of hydrogen-bond acceptors (Lipinski definition) is 4. The first kappa shape index (κ1) is 12.4. The molecule has 2 heterocycles. The van der Waals surface area contributed by atoms with Crippen LogP contribution in [0, 0.1) is 0 Å². The van der Waals surface area contributed by atoms with Gasteiger partial charge in [0.1, 0.15) is 10.6 Å². The number of nitrogens with zero attached hydrogens (tertiary/aromatic N) is 1. The number of amides is 1. The van der Waals surface area contributed by atoms with Gasteiger partial charge in [-0.3, -0.25) is 4.79 Å². The Hall–Kier alpha value is -1.07. The second kappa shape index (κ2) is 5.51. The summed E-state index contributed by atoms with van der Waals surface area (Å²) in [5, 5.41) is 5.04. The van der Waals surface area contributed by atoms with E-state index in [-0.39, 0.29) is 5.91 Å². The van der Waals surface area contributed by atoms with Gasteiger partial charge < -0.3 is 15.0 Å². The summed E-state index contributed by atoms with van der Waals surface area (Å²) >= 11 is 1.45. The van der Waals surface area contributed by atoms with Crippen LogP contribution in [0.2, 0.25) is 0 Å². The van der Waals surface area contributed by atoms with E-state index in [1.54, 1.807) is 7.11 Å². The SMILES string of the molecule is CNCC1CCCN1C(=O)c1sccc1OC. The monoisotopic (exact) mass is 254 g/mol. The third-order valence-electron chi connectivity index (χ3n) is 3.12. The summed E-state index contributed by atoms with van der Waals surface area (Å²) in [5.41, 5.74) is 0. The molecule has 5 heteroatoms. The van der Waals surface area contributed by atoms with Crippen molar-refractivity contribution in [2.24, 2.45) is 0 Å². The van der Waals surface area contributed by atoms with Gasteiger partial charge in [0.25, 0.3) is 5.91 Å².